The average molecular weight is 270 g/mol. The minimum Gasteiger partial charge on any atom is -0.491 e. The molecule has 0 radical (unpaired) electrons. The van der Waals surface area contributed by atoms with Crippen molar-refractivity contribution in [3.63, 3.8) is 0 Å². The molecule has 4 heteroatoms. The number of aliphatic imine (C=N–C) groups is 1. The van der Waals surface area contributed by atoms with E-state index in [1.165, 1.54) is 0 Å². The Kier molecular flexibility index (Phi) is 3.83. The number of hydrogen-bond donors (Lipinski definition) is 1. The Balaban J connectivity index is 1.68. The fraction of sp³-hybridized carbons (Fsp3) is 0.312. The molecule has 2 aliphatic rings. The van der Waals surface area contributed by atoms with Crippen LogP contribution in [-0.4, -0.2) is 32.7 Å². The molecule has 2 aliphatic heterocycles. The molecule has 104 valence electrons. The molecule has 0 fully saturated rings. The Bertz CT molecular complexity index is 546. The van der Waals surface area contributed by atoms with E-state index in [4.69, 9.17) is 9.47 Å². The smallest absolute Gasteiger partial charge is 0.128 e. The fourth-order valence-electron chi connectivity index (χ4n) is 2.34. The number of allylic oxidation sites excluding steroid dienone is 1. The highest BCUT2D eigenvalue weighted by Crippen LogP contribution is 2.26. The summed E-state index contributed by atoms with van der Waals surface area (Å²) in [6.07, 6.45) is 8.47. The molecule has 0 spiro atoms. The third-order valence-corrected chi connectivity index (χ3v) is 3.44. The van der Waals surface area contributed by atoms with Crippen LogP contribution in [0.2, 0.25) is 0 Å². The maximum Gasteiger partial charge on any atom is 0.128 e. The summed E-state index contributed by atoms with van der Waals surface area (Å²) in [4.78, 5) is 4.52. The van der Waals surface area contributed by atoms with Gasteiger partial charge in [0.25, 0.3) is 0 Å². The largest absolute Gasteiger partial charge is 0.491 e. The van der Waals surface area contributed by atoms with Gasteiger partial charge in [0.15, 0.2) is 0 Å². The lowest BCUT2D eigenvalue weighted by Gasteiger charge is -2.18. The summed E-state index contributed by atoms with van der Waals surface area (Å²) >= 11 is 0. The van der Waals surface area contributed by atoms with Crippen LogP contribution in [0.4, 0.5) is 0 Å². The second-order valence-corrected chi connectivity index (χ2v) is 4.81. The van der Waals surface area contributed by atoms with Crippen molar-refractivity contribution in [1.82, 2.24) is 5.32 Å². The van der Waals surface area contributed by atoms with E-state index in [1.807, 2.05) is 24.5 Å². The monoisotopic (exact) mass is 270 g/mol. The number of fused-ring (bicyclic) bond motifs is 1. The minimum absolute atomic E-state index is 0.176. The number of ether oxygens (including phenoxy) is 2. The number of nitrogens with zero attached hydrogens (tertiary/aromatic N) is 1. The van der Waals surface area contributed by atoms with Crippen LogP contribution in [0.25, 0.3) is 5.57 Å². The summed E-state index contributed by atoms with van der Waals surface area (Å²) in [6, 6.07) is 8.09. The number of dihydropyridines is 1. The zero-order valence-electron chi connectivity index (χ0n) is 11.5. The molecule has 2 unspecified atom stereocenters. The molecule has 3 rings (SSSR count). The molecular formula is C16H18N2O2. The van der Waals surface area contributed by atoms with E-state index in [0.29, 0.717) is 19.1 Å². The van der Waals surface area contributed by atoms with Crippen LogP contribution in [0.1, 0.15) is 5.56 Å². The number of hydrogen-bond acceptors (Lipinski definition) is 4. The van der Waals surface area contributed by atoms with Crippen molar-refractivity contribution in [2.24, 2.45) is 10.9 Å². The van der Waals surface area contributed by atoms with E-state index < -0.39 is 0 Å². The summed E-state index contributed by atoms with van der Waals surface area (Å²) < 4.78 is 10.5. The van der Waals surface area contributed by atoms with Gasteiger partial charge in [0.1, 0.15) is 18.5 Å². The highest BCUT2D eigenvalue weighted by molar-refractivity contribution is 6.10. The molecule has 0 aromatic heterocycles. The molecule has 1 aromatic carbocycles. The van der Waals surface area contributed by atoms with Crippen LogP contribution < -0.4 is 10.1 Å². The molecular weight excluding hydrogens is 252 g/mol. The zero-order chi connectivity index (χ0) is 13.8. The molecule has 0 saturated carbocycles. The standard InChI is InChI=1S/C16H18N2O2/c1-19-8-9-20-15-4-2-12(3-5-15)14-10-13-6-7-17-16(13)18-11-14/h2-7,10-11,13,16-17H,8-9H2,1H3. The molecule has 2 atom stereocenters. The van der Waals surface area contributed by atoms with Crippen molar-refractivity contribution < 1.29 is 9.47 Å². The average Bonchev–Trinajstić information content (AvgIpc) is 2.96. The zero-order valence-corrected chi connectivity index (χ0v) is 11.5. The van der Waals surface area contributed by atoms with Gasteiger partial charge < -0.3 is 14.8 Å². The van der Waals surface area contributed by atoms with Gasteiger partial charge in [-0.25, -0.2) is 0 Å². The normalized spacial score (nSPS) is 23.1. The Hall–Kier alpha value is -2.07. The summed E-state index contributed by atoms with van der Waals surface area (Å²) in [5.74, 6) is 1.21. The van der Waals surface area contributed by atoms with Gasteiger partial charge in [0.2, 0.25) is 0 Å². The predicted octanol–water partition coefficient (Wildman–Crippen LogP) is 2.24. The molecule has 4 nitrogen and oxygen atoms in total. The van der Waals surface area contributed by atoms with Gasteiger partial charge in [-0.15, -0.1) is 0 Å². The first-order chi connectivity index (χ1) is 9.86. The van der Waals surface area contributed by atoms with Crippen molar-refractivity contribution in [2.75, 3.05) is 20.3 Å². The van der Waals surface area contributed by atoms with E-state index >= 15 is 0 Å². The Labute approximate surface area is 118 Å². The van der Waals surface area contributed by atoms with Crippen LogP contribution >= 0.6 is 0 Å². The van der Waals surface area contributed by atoms with Crippen LogP contribution in [0.5, 0.6) is 5.75 Å². The molecule has 20 heavy (non-hydrogen) atoms. The molecule has 1 N–H and O–H groups in total. The topological polar surface area (TPSA) is 42.9 Å². The second kappa shape index (κ2) is 5.92. The Morgan fingerprint density at radius 2 is 2.05 bits per heavy atom. The van der Waals surface area contributed by atoms with Crippen LogP contribution in [0, 0.1) is 5.92 Å². The van der Waals surface area contributed by atoms with Gasteiger partial charge in [0, 0.05) is 19.2 Å². The van der Waals surface area contributed by atoms with Crippen LogP contribution in [0.3, 0.4) is 0 Å². The number of methoxy groups -OCH3 is 1. The third kappa shape index (κ3) is 2.75. The molecule has 0 aliphatic carbocycles. The van der Waals surface area contributed by atoms with Gasteiger partial charge in [-0.2, -0.15) is 0 Å². The maximum absolute atomic E-state index is 5.56. The summed E-state index contributed by atoms with van der Waals surface area (Å²) in [6.45, 7) is 1.17. The SMILES string of the molecule is COCCOc1ccc(C2=CC3C=CNC3N=C2)cc1. The maximum atomic E-state index is 5.56. The lowest BCUT2D eigenvalue weighted by Crippen LogP contribution is -2.25. The van der Waals surface area contributed by atoms with Crippen LogP contribution in [0.15, 0.2) is 47.6 Å². The first kappa shape index (κ1) is 12.9. The quantitative estimate of drug-likeness (QED) is 0.834. The van der Waals surface area contributed by atoms with Gasteiger partial charge >= 0.3 is 0 Å². The number of rotatable bonds is 5. The van der Waals surface area contributed by atoms with Crippen molar-refractivity contribution in [3.8, 4) is 5.75 Å². The van der Waals surface area contributed by atoms with Crippen LogP contribution in [-0.2, 0) is 4.74 Å². The van der Waals surface area contributed by atoms with E-state index in [-0.39, 0.29) is 6.17 Å². The highest BCUT2D eigenvalue weighted by Gasteiger charge is 2.22. The van der Waals surface area contributed by atoms with Gasteiger partial charge in [-0.1, -0.05) is 24.3 Å². The summed E-state index contributed by atoms with van der Waals surface area (Å²) in [5, 5.41) is 3.21. The highest BCUT2D eigenvalue weighted by atomic mass is 16.5. The van der Waals surface area contributed by atoms with E-state index in [1.54, 1.807) is 7.11 Å². The van der Waals surface area contributed by atoms with Gasteiger partial charge in [-0.05, 0) is 29.5 Å². The van der Waals surface area contributed by atoms with Crippen molar-refractivity contribution in [3.05, 3.63) is 48.2 Å². The summed E-state index contributed by atoms with van der Waals surface area (Å²) in [7, 11) is 1.67. The van der Waals surface area contributed by atoms with Crippen molar-refractivity contribution in [2.45, 2.75) is 6.17 Å². The van der Waals surface area contributed by atoms with E-state index in [2.05, 4.69) is 34.6 Å². The predicted molar refractivity (Wildman–Crippen MR) is 79.8 cm³/mol. The molecule has 1 aromatic rings. The number of nitrogens with one attached hydrogen (secondary N) is 1. The molecule has 0 amide bonds. The molecule has 0 bridgehead atoms. The lowest BCUT2D eigenvalue weighted by atomic mass is 9.97. The second-order valence-electron chi connectivity index (χ2n) is 4.81. The number of benzene rings is 1. The molecule has 2 heterocycles. The fourth-order valence-corrected chi connectivity index (χ4v) is 2.34. The summed E-state index contributed by atoms with van der Waals surface area (Å²) in [5.41, 5.74) is 2.31. The van der Waals surface area contributed by atoms with Crippen molar-refractivity contribution in [1.29, 1.82) is 0 Å². The third-order valence-electron chi connectivity index (χ3n) is 3.44. The first-order valence-electron chi connectivity index (χ1n) is 6.77. The Morgan fingerprint density at radius 3 is 2.85 bits per heavy atom. The van der Waals surface area contributed by atoms with Gasteiger partial charge in [0.05, 0.1) is 6.61 Å². The van der Waals surface area contributed by atoms with E-state index in [9.17, 15) is 0 Å². The Morgan fingerprint density at radius 1 is 1.20 bits per heavy atom. The van der Waals surface area contributed by atoms with Crippen molar-refractivity contribution >= 4 is 11.8 Å². The molecule has 0 saturated heterocycles. The lowest BCUT2D eigenvalue weighted by molar-refractivity contribution is 0.146. The first-order valence-corrected chi connectivity index (χ1v) is 6.77. The minimum atomic E-state index is 0.176. The van der Waals surface area contributed by atoms with E-state index in [0.717, 1.165) is 16.9 Å². The van der Waals surface area contributed by atoms with Gasteiger partial charge in [-0.3, -0.25) is 4.99 Å².